The highest BCUT2D eigenvalue weighted by atomic mass is 19.1. The van der Waals surface area contributed by atoms with Crippen LogP contribution in [0.25, 0.3) is 0 Å². The number of carbonyl (C=O) groups is 1. The molecule has 6 nitrogen and oxygen atoms in total. The molecular formula is C20H25FN4O2. The Morgan fingerprint density at radius 3 is 2.67 bits per heavy atom. The van der Waals surface area contributed by atoms with Gasteiger partial charge in [0, 0.05) is 43.2 Å². The number of halogens is 1. The third-order valence-corrected chi connectivity index (χ3v) is 4.50. The van der Waals surface area contributed by atoms with E-state index in [-0.39, 0.29) is 17.8 Å². The summed E-state index contributed by atoms with van der Waals surface area (Å²) in [4.78, 5) is 25.1. The first-order valence-electron chi connectivity index (χ1n) is 9.05. The van der Waals surface area contributed by atoms with Crippen molar-refractivity contribution in [2.24, 2.45) is 5.41 Å². The van der Waals surface area contributed by atoms with Crippen LogP contribution in [0.5, 0.6) is 11.6 Å². The molecule has 144 valence electrons. The zero-order chi connectivity index (χ0) is 19.6. The first-order chi connectivity index (χ1) is 12.7. The summed E-state index contributed by atoms with van der Waals surface area (Å²) in [5, 5.41) is 0. The van der Waals surface area contributed by atoms with Crippen LogP contribution in [0.3, 0.4) is 0 Å². The number of ether oxygens (including phenoxy) is 1. The van der Waals surface area contributed by atoms with Gasteiger partial charge in [-0.05, 0) is 19.1 Å². The third kappa shape index (κ3) is 4.53. The van der Waals surface area contributed by atoms with Gasteiger partial charge in [0.15, 0.2) is 0 Å². The average Bonchev–Trinajstić information content (AvgIpc) is 2.60. The normalized spacial score (nSPS) is 17.7. The molecule has 0 spiro atoms. The number of hydrogen-bond acceptors (Lipinski definition) is 5. The van der Waals surface area contributed by atoms with Crippen molar-refractivity contribution in [3.8, 4) is 11.6 Å². The number of rotatable bonds is 3. The minimum atomic E-state index is -0.392. The Bertz CT molecular complexity index is 822. The number of hydrogen-bond donors (Lipinski definition) is 0. The van der Waals surface area contributed by atoms with E-state index in [4.69, 9.17) is 4.74 Å². The fourth-order valence-electron chi connectivity index (χ4n) is 3.11. The van der Waals surface area contributed by atoms with E-state index >= 15 is 0 Å². The number of benzene rings is 1. The van der Waals surface area contributed by atoms with Crippen molar-refractivity contribution in [1.82, 2.24) is 14.9 Å². The fourth-order valence-corrected chi connectivity index (χ4v) is 3.11. The van der Waals surface area contributed by atoms with Crippen LogP contribution in [0, 0.1) is 11.2 Å². The van der Waals surface area contributed by atoms with Gasteiger partial charge in [-0.25, -0.2) is 14.4 Å². The molecule has 1 saturated heterocycles. The highest BCUT2D eigenvalue weighted by molar-refractivity contribution is 5.82. The van der Waals surface area contributed by atoms with Gasteiger partial charge in [0.1, 0.15) is 23.7 Å². The quantitative estimate of drug-likeness (QED) is 0.825. The van der Waals surface area contributed by atoms with Gasteiger partial charge >= 0.3 is 0 Å². The minimum Gasteiger partial charge on any atom is -0.439 e. The van der Waals surface area contributed by atoms with Gasteiger partial charge in [-0.3, -0.25) is 4.79 Å². The van der Waals surface area contributed by atoms with Crippen LogP contribution in [0.15, 0.2) is 36.7 Å². The predicted octanol–water partition coefficient (Wildman–Crippen LogP) is 3.49. The topological polar surface area (TPSA) is 58.6 Å². The molecule has 27 heavy (non-hydrogen) atoms. The van der Waals surface area contributed by atoms with E-state index in [1.807, 2.05) is 32.6 Å². The maximum Gasteiger partial charge on any atom is 0.228 e. The Morgan fingerprint density at radius 1 is 1.22 bits per heavy atom. The Labute approximate surface area is 159 Å². The smallest absolute Gasteiger partial charge is 0.228 e. The van der Waals surface area contributed by atoms with Crippen molar-refractivity contribution in [3.63, 3.8) is 0 Å². The molecule has 2 heterocycles. The van der Waals surface area contributed by atoms with Crippen LogP contribution in [0.2, 0.25) is 0 Å². The standard InChI is InChI=1S/C20H25FN4O2/c1-14-12-24(8-9-25(14)19(26)20(2,3)4)17-11-18(23-13-22-17)27-16-7-5-6-15(21)10-16/h5-7,10-11,13-14H,8-9,12H2,1-4H3/t14-/m1/s1. The van der Waals surface area contributed by atoms with E-state index < -0.39 is 5.41 Å². The van der Waals surface area contributed by atoms with Crippen molar-refractivity contribution >= 4 is 11.7 Å². The summed E-state index contributed by atoms with van der Waals surface area (Å²) in [6.07, 6.45) is 1.43. The lowest BCUT2D eigenvalue weighted by molar-refractivity contribution is -0.142. The first-order valence-corrected chi connectivity index (χ1v) is 9.05. The SMILES string of the molecule is C[C@@H]1CN(c2cc(Oc3cccc(F)c3)ncn2)CCN1C(=O)C(C)(C)C. The molecule has 1 fully saturated rings. The fraction of sp³-hybridized carbons (Fsp3) is 0.450. The number of piperazine rings is 1. The molecule has 0 bridgehead atoms. The summed E-state index contributed by atoms with van der Waals surface area (Å²) >= 11 is 0. The van der Waals surface area contributed by atoms with Crippen LogP contribution in [-0.4, -0.2) is 46.5 Å². The molecule has 1 aliphatic rings. The maximum absolute atomic E-state index is 13.3. The minimum absolute atomic E-state index is 0.0769. The summed E-state index contributed by atoms with van der Waals surface area (Å²) in [6.45, 7) is 9.86. The summed E-state index contributed by atoms with van der Waals surface area (Å²) in [7, 11) is 0. The van der Waals surface area contributed by atoms with Crippen LogP contribution in [-0.2, 0) is 4.79 Å². The van der Waals surface area contributed by atoms with E-state index in [1.54, 1.807) is 18.2 Å². The van der Waals surface area contributed by atoms with Crippen molar-refractivity contribution in [3.05, 3.63) is 42.5 Å². The number of amides is 1. The van der Waals surface area contributed by atoms with Crippen molar-refractivity contribution < 1.29 is 13.9 Å². The molecule has 7 heteroatoms. The zero-order valence-electron chi connectivity index (χ0n) is 16.1. The van der Waals surface area contributed by atoms with Crippen LogP contribution in [0.4, 0.5) is 10.2 Å². The van der Waals surface area contributed by atoms with Gasteiger partial charge in [-0.1, -0.05) is 26.8 Å². The van der Waals surface area contributed by atoms with Crippen molar-refractivity contribution in [1.29, 1.82) is 0 Å². The second-order valence-corrected chi connectivity index (χ2v) is 7.82. The Morgan fingerprint density at radius 2 is 2.00 bits per heavy atom. The molecule has 0 radical (unpaired) electrons. The molecule has 1 amide bonds. The summed E-state index contributed by atoms with van der Waals surface area (Å²) in [6, 6.07) is 7.73. The molecule has 2 aromatic rings. The van der Waals surface area contributed by atoms with E-state index in [9.17, 15) is 9.18 Å². The molecule has 0 unspecified atom stereocenters. The second-order valence-electron chi connectivity index (χ2n) is 7.82. The Kier molecular flexibility index (Phi) is 5.30. The first kappa shape index (κ1) is 19.1. The van der Waals surface area contributed by atoms with Crippen LogP contribution < -0.4 is 9.64 Å². The molecule has 0 N–H and O–H groups in total. The van der Waals surface area contributed by atoms with Gasteiger partial charge in [-0.2, -0.15) is 0 Å². The van der Waals surface area contributed by atoms with Gasteiger partial charge in [0.05, 0.1) is 0 Å². The number of nitrogens with zero attached hydrogens (tertiary/aromatic N) is 4. The number of carbonyl (C=O) groups excluding carboxylic acids is 1. The highest BCUT2D eigenvalue weighted by Crippen LogP contribution is 2.26. The summed E-state index contributed by atoms with van der Waals surface area (Å²) in [5.41, 5.74) is -0.392. The lowest BCUT2D eigenvalue weighted by atomic mass is 9.93. The molecule has 1 aromatic carbocycles. The van der Waals surface area contributed by atoms with Gasteiger partial charge in [-0.15, -0.1) is 0 Å². The summed E-state index contributed by atoms with van der Waals surface area (Å²) < 4.78 is 19.0. The average molecular weight is 372 g/mol. The lowest BCUT2D eigenvalue weighted by Crippen LogP contribution is -2.56. The molecule has 1 atom stereocenters. The van der Waals surface area contributed by atoms with E-state index in [1.165, 1.54) is 18.5 Å². The highest BCUT2D eigenvalue weighted by Gasteiger charge is 2.34. The summed E-state index contributed by atoms with van der Waals surface area (Å²) in [5.74, 6) is 1.26. The van der Waals surface area contributed by atoms with E-state index in [0.29, 0.717) is 31.3 Å². The Balaban J connectivity index is 1.70. The maximum atomic E-state index is 13.3. The van der Waals surface area contributed by atoms with Gasteiger partial charge in [0.25, 0.3) is 0 Å². The molecular weight excluding hydrogens is 347 g/mol. The monoisotopic (exact) mass is 372 g/mol. The number of aromatic nitrogens is 2. The Hall–Kier alpha value is -2.70. The molecule has 1 aliphatic heterocycles. The van der Waals surface area contributed by atoms with Crippen LogP contribution in [0.1, 0.15) is 27.7 Å². The van der Waals surface area contributed by atoms with E-state index in [2.05, 4.69) is 14.9 Å². The molecule has 0 aliphatic carbocycles. The molecule has 3 rings (SSSR count). The van der Waals surface area contributed by atoms with Crippen molar-refractivity contribution in [2.75, 3.05) is 24.5 Å². The molecule has 0 saturated carbocycles. The number of anilines is 1. The van der Waals surface area contributed by atoms with Crippen molar-refractivity contribution in [2.45, 2.75) is 33.7 Å². The van der Waals surface area contributed by atoms with E-state index in [0.717, 1.165) is 5.82 Å². The largest absolute Gasteiger partial charge is 0.439 e. The zero-order valence-corrected chi connectivity index (χ0v) is 16.1. The van der Waals surface area contributed by atoms with Crippen LogP contribution >= 0.6 is 0 Å². The van der Waals surface area contributed by atoms with Gasteiger partial charge in [0.2, 0.25) is 11.8 Å². The lowest BCUT2D eigenvalue weighted by Gasteiger charge is -2.42. The third-order valence-electron chi connectivity index (χ3n) is 4.50. The predicted molar refractivity (Wildman–Crippen MR) is 101 cm³/mol. The van der Waals surface area contributed by atoms with Gasteiger partial charge < -0.3 is 14.5 Å². The second kappa shape index (κ2) is 7.50. The molecule has 1 aromatic heterocycles.